The number of carbonyl (C=O) groups is 2. The van der Waals surface area contributed by atoms with E-state index in [9.17, 15) is 14.0 Å². The summed E-state index contributed by atoms with van der Waals surface area (Å²) in [6, 6.07) is 5.17. The number of hydrogen-bond acceptors (Lipinski definition) is 3. The topological polar surface area (TPSA) is 49.4 Å². The van der Waals surface area contributed by atoms with Crippen molar-refractivity contribution in [2.24, 2.45) is 0 Å². The van der Waals surface area contributed by atoms with E-state index in [1.807, 2.05) is 6.92 Å². The summed E-state index contributed by atoms with van der Waals surface area (Å²) in [6.07, 6.45) is 2.28. The fourth-order valence-electron chi connectivity index (χ4n) is 2.14. The molecule has 0 saturated carbocycles. The van der Waals surface area contributed by atoms with E-state index >= 15 is 0 Å². The molecule has 4 nitrogen and oxygen atoms in total. The molecule has 6 heteroatoms. The minimum Gasteiger partial charge on any atom is -0.324 e. The average molecular weight is 310 g/mol. The summed E-state index contributed by atoms with van der Waals surface area (Å²) in [7, 11) is 0. The second-order valence-corrected chi connectivity index (χ2v) is 5.98. The monoisotopic (exact) mass is 310 g/mol. The maximum absolute atomic E-state index is 12.8. The van der Waals surface area contributed by atoms with Gasteiger partial charge < -0.3 is 10.2 Å². The molecule has 0 spiro atoms. The second-order valence-electron chi connectivity index (χ2n) is 4.98. The summed E-state index contributed by atoms with van der Waals surface area (Å²) in [4.78, 5) is 26.0. The predicted octanol–water partition coefficient (Wildman–Crippen LogP) is 2.86. The molecule has 0 aromatic heterocycles. The number of unbranched alkanes of at least 4 members (excludes halogenated alkanes) is 1. The van der Waals surface area contributed by atoms with Crippen LogP contribution in [0, 0.1) is 5.82 Å². The first kappa shape index (κ1) is 15.8. The number of carbonyl (C=O) groups excluding carboxylic acids is 2. The van der Waals surface area contributed by atoms with Gasteiger partial charge in [-0.1, -0.05) is 13.3 Å². The van der Waals surface area contributed by atoms with Gasteiger partial charge in [0.1, 0.15) is 11.9 Å². The van der Waals surface area contributed by atoms with Gasteiger partial charge in [-0.2, -0.15) is 0 Å². The molecular weight excluding hydrogens is 291 g/mol. The molecule has 1 saturated heterocycles. The Bertz CT molecular complexity index is 507. The van der Waals surface area contributed by atoms with Crippen LogP contribution in [0.5, 0.6) is 0 Å². The molecule has 1 fully saturated rings. The van der Waals surface area contributed by atoms with Crippen LogP contribution >= 0.6 is 11.8 Å². The van der Waals surface area contributed by atoms with E-state index in [4.69, 9.17) is 0 Å². The molecule has 1 aromatic rings. The van der Waals surface area contributed by atoms with Crippen molar-refractivity contribution in [2.45, 2.75) is 32.2 Å². The van der Waals surface area contributed by atoms with Gasteiger partial charge in [0.05, 0.1) is 5.88 Å². The molecule has 0 bridgehead atoms. The quantitative estimate of drug-likeness (QED) is 0.910. The van der Waals surface area contributed by atoms with Gasteiger partial charge in [0.25, 0.3) is 0 Å². The number of rotatable bonds is 5. The molecule has 114 valence electrons. The van der Waals surface area contributed by atoms with Crippen LogP contribution in [-0.4, -0.2) is 34.4 Å². The highest BCUT2D eigenvalue weighted by Gasteiger charge is 2.34. The van der Waals surface area contributed by atoms with Crippen LogP contribution in [-0.2, 0) is 9.59 Å². The Balaban J connectivity index is 1.97. The second kappa shape index (κ2) is 7.45. The Morgan fingerprint density at radius 1 is 1.38 bits per heavy atom. The Morgan fingerprint density at radius 3 is 2.76 bits per heavy atom. The lowest BCUT2D eigenvalue weighted by Gasteiger charge is -2.23. The van der Waals surface area contributed by atoms with Crippen molar-refractivity contribution < 1.29 is 14.0 Å². The molecule has 1 atom stereocenters. The van der Waals surface area contributed by atoms with Crippen LogP contribution in [0.2, 0.25) is 0 Å². The Hall–Kier alpha value is -1.56. The highest BCUT2D eigenvalue weighted by molar-refractivity contribution is 7.99. The molecule has 1 aromatic carbocycles. The number of amides is 2. The molecule has 21 heavy (non-hydrogen) atoms. The van der Waals surface area contributed by atoms with Gasteiger partial charge in [0.2, 0.25) is 11.8 Å². The molecule has 1 aliphatic heterocycles. The third-order valence-corrected chi connectivity index (χ3v) is 4.37. The van der Waals surface area contributed by atoms with Gasteiger partial charge in [0, 0.05) is 17.9 Å². The molecule has 0 aliphatic carbocycles. The van der Waals surface area contributed by atoms with Crippen molar-refractivity contribution in [3.63, 3.8) is 0 Å². The van der Waals surface area contributed by atoms with Gasteiger partial charge in [-0.25, -0.2) is 4.39 Å². The first-order valence-corrected chi connectivity index (χ1v) is 8.21. The first-order valence-electron chi connectivity index (χ1n) is 7.05. The van der Waals surface area contributed by atoms with Crippen LogP contribution in [0.15, 0.2) is 24.3 Å². The van der Waals surface area contributed by atoms with Gasteiger partial charge in [-0.3, -0.25) is 9.59 Å². The van der Waals surface area contributed by atoms with Crippen LogP contribution < -0.4 is 5.32 Å². The largest absolute Gasteiger partial charge is 0.324 e. The summed E-state index contributed by atoms with van der Waals surface area (Å²) < 4.78 is 12.8. The minimum absolute atomic E-state index is 0.0288. The highest BCUT2D eigenvalue weighted by Crippen LogP contribution is 2.23. The number of thioether (sulfide) groups is 1. The van der Waals surface area contributed by atoms with Gasteiger partial charge >= 0.3 is 0 Å². The lowest BCUT2D eigenvalue weighted by atomic mass is 10.2. The van der Waals surface area contributed by atoms with Crippen molar-refractivity contribution in [3.05, 3.63) is 30.1 Å². The Kier molecular flexibility index (Phi) is 5.61. The molecule has 1 unspecified atom stereocenters. The minimum atomic E-state index is -0.440. The van der Waals surface area contributed by atoms with Crippen molar-refractivity contribution in [1.29, 1.82) is 0 Å². The number of hydrogen-bond donors (Lipinski definition) is 1. The maximum atomic E-state index is 12.8. The van der Waals surface area contributed by atoms with Gasteiger partial charge in [-0.15, -0.1) is 11.8 Å². The van der Waals surface area contributed by atoms with Gasteiger partial charge in [-0.05, 0) is 30.7 Å². The van der Waals surface area contributed by atoms with Crippen LogP contribution in [0.25, 0.3) is 0 Å². The van der Waals surface area contributed by atoms with Crippen LogP contribution in [0.1, 0.15) is 26.2 Å². The molecule has 2 amide bonds. The van der Waals surface area contributed by atoms with E-state index in [-0.39, 0.29) is 17.6 Å². The number of nitrogens with one attached hydrogen (secondary N) is 1. The predicted molar refractivity (Wildman–Crippen MR) is 82.5 cm³/mol. The van der Waals surface area contributed by atoms with E-state index in [2.05, 4.69) is 5.32 Å². The van der Waals surface area contributed by atoms with E-state index in [0.717, 1.165) is 12.8 Å². The average Bonchev–Trinajstić information content (AvgIpc) is 2.96. The molecular formula is C15H19FN2O2S. The zero-order valence-electron chi connectivity index (χ0n) is 12.0. The molecule has 1 aliphatic rings. The third-order valence-electron chi connectivity index (χ3n) is 3.36. The smallest absolute Gasteiger partial charge is 0.248 e. The zero-order chi connectivity index (χ0) is 15.2. The number of nitrogens with zero attached hydrogens (tertiary/aromatic N) is 1. The number of anilines is 1. The SMILES string of the molecule is CCCCC(=O)N1CSCC1C(=O)Nc1ccc(F)cc1. The Labute approximate surface area is 128 Å². The molecule has 1 heterocycles. The van der Waals surface area contributed by atoms with E-state index in [0.29, 0.717) is 23.7 Å². The van der Waals surface area contributed by atoms with E-state index in [1.54, 1.807) is 16.7 Å². The fraction of sp³-hybridized carbons (Fsp3) is 0.467. The first-order chi connectivity index (χ1) is 10.1. The summed E-state index contributed by atoms with van der Waals surface area (Å²) in [5.41, 5.74) is 0.541. The Morgan fingerprint density at radius 2 is 2.10 bits per heavy atom. The lowest BCUT2D eigenvalue weighted by molar-refractivity contribution is -0.136. The van der Waals surface area contributed by atoms with Crippen molar-refractivity contribution in [2.75, 3.05) is 16.9 Å². The van der Waals surface area contributed by atoms with Crippen molar-refractivity contribution >= 4 is 29.3 Å². The molecule has 1 N–H and O–H groups in total. The van der Waals surface area contributed by atoms with Crippen molar-refractivity contribution in [3.8, 4) is 0 Å². The van der Waals surface area contributed by atoms with E-state index in [1.165, 1.54) is 24.3 Å². The summed E-state index contributed by atoms with van der Waals surface area (Å²) in [5.74, 6) is 0.632. The third kappa shape index (κ3) is 4.20. The summed E-state index contributed by atoms with van der Waals surface area (Å²) >= 11 is 1.58. The normalized spacial score (nSPS) is 17.8. The van der Waals surface area contributed by atoms with Gasteiger partial charge in [0.15, 0.2) is 0 Å². The summed E-state index contributed by atoms with van der Waals surface area (Å²) in [5, 5.41) is 2.74. The lowest BCUT2D eigenvalue weighted by Crippen LogP contribution is -2.44. The number of benzene rings is 1. The standard InChI is InChI=1S/C15H19FN2O2S/c1-2-3-4-14(19)18-10-21-9-13(18)15(20)17-12-7-5-11(16)6-8-12/h5-8,13H,2-4,9-10H2,1H3,(H,17,20). The summed E-state index contributed by atoms with van der Waals surface area (Å²) in [6.45, 7) is 2.03. The van der Waals surface area contributed by atoms with Crippen LogP contribution in [0.4, 0.5) is 10.1 Å². The van der Waals surface area contributed by atoms with Crippen LogP contribution in [0.3, 0.4) is 0 Å². The molecule has 2 rings (SSSR count). The zero-order valence-corrected chi connectivity index (χ0v) is 12.8. The molecule has 0 radical (unpaired) electrons. The maximum Gasteiger partial charge on any atom is 0.248 e. The highest BCUT2D eigenvalue weighted by atomic mass is 32.2. The van der Waals surface area contributed by atoms with E-state index < -0.39 is 6.04 Å². The fourth-order valence-corrected chi connectivity index (χ4v) is 3.32. The number of halogens is 1. The van der Waals surface area contributed by atoms with Crippen molar-refractivity contribution in [1.82, 2.24) is 4.90 Å².